The Labute approximate surface area is 149 Å². The molecule has 5 heteroatoms. The van der Waals surface area contributed by atoms with Gasteiger partial charge in [0, 0.05) is 39.0 Å². The van der Waals surface area contributed by atoms with E-state index in [4.69, 9.17) is 0 Å². The van der Waals surface area contributed by atoms with Gasteiger partial charge in [-0.2, -0.15) is 0 Å². The first kappa shape index (κ1) is 17.9. The lowest BCUT2D eigenvalue weighted by Crippen LogP contribution is -2.46. The van der Waals surface area contributed by atoms with Gasteiger partial charge in [-0.1, -0.05) is 12.1 Å². The van der Waals surface area contributed by atoms with Crippen molar-refractivity contribution in [1.29, 1.82) is 0 Å². The lowest BCUT2D eigenvalue weighted by molar-refractivity contribution is -0.141. The molecule has 2 saturated heterocycles. The molecule has 2 fully saturated rings. The minimum absolute atomic E-state index is 0.0734. The number of piperidine rings is 2. The van der Waals surface area contributed by atoms with Crippen molar-refractivity contribution < 1.29 is 14.0 Å². The summed E-state index contributed by atoms with van der Waals surface area (Å²) in [5, 5.41) is 0. The van der Waals surface area contributed by atoms with Crippen molar-refractivity contribution in [3.05, 3.63) is 35.6 Å². The van der Waals surface area contributed by atoms with Crippen LogP contribution in [-0.2, 0) is 16.0 Å². The zero-order valence-corrected chi connectivity index (χ0v) is 14.9. The molecule has 136 valence electrons. The molecule has 1 aromatic rings. The van der Waals surface area contributed by atoms with Crippen molar-refractivity contribution in [3.63, 3.8) is 0 Å². The SMILES string of the molecule is CC(=O)N1CCC(C(=O)N2CCC(Cc3ccc(F)cc3)CC2)CC1. The first-order chi connectivity index (χ1) is 12.0. The number of hydrogen-bond acceptors (Lipinski definition) is 2. The van der Waals surface area contributed by atoms with Crippen LogP contribution in [0.5, 0.6) is 0 Å². The third-order valence-electron chi connectivity index (χ3n) is 5.65. The summed E-state index contributed by atoms with van der Waals surface area (Å²) in [5.74, 6) is 0.814. The number of carbonyl (C=O) groups is 2. The van der Waals surface area contributed by atoms with E-state index in [0.29, 0.717) is 19.0 Å². The summed E-state index contributed by atoms with van der Waals surface area (Å²) < 4.78 is 13.0. The quantitative estimate of drug-likeness (QED) is 0.844. The van der Waals surface area contributed by atoms with Gasteiger partial charge in [0.1, 0.15) is 5.82 Å². The van der Waals surface area contributed by atoms with E-state index in [1.54, 1.807) is 6.92 Å². The zero-order chi connectivity index (χ0) is 17.8. The molecule has 0 atom stereocenters. The Morgan fingerprint density at radius 2 is 1.52 bits per heavy atom. The second kappa shape index (κ2) is 7.98. The van der Waals surface area contributed by atoms with Gasteiger partial charge < -0.3 is 9.80 Å². The summed E-state index contributed by atoms with van der Waals surface area (Å²) in [6, 6.07) is 6.74. The molecule has 2 aliphatic heterocycles. The number of halogens is 1. The van der Waals surface area contributed by atoms with Crippen LogP contribution in [0.4, 0.5) is 4.39 Å². The van der Waals surface area contributed by atoms with Crippen molar-refractivity contribution in [1.82, 2.24) is 9.80 Å². The van der Waals surface area contributed by atoms with Gasteiger partial charge in [0.05, 0.1) is 0 Å². The molecule has 2 amide bonds. The number of carbonyl (C=O) groups excluding carboxylic acids is 2. The maximum atomic E-state index is 13.0. The highest BCUT2D eigenvalue weighted by Crippen LogP contribution is 2.25. The van der Waals surface area contributed by atoms with Gasteiger partial charge in [0.15, 0.2) is 0 Å². The third kappa shape index (κ3) is 4.59. The average molecular weight is 346 g/mol. The molecule has 0 radical (unpaired) electrons. The highest BCUT2D eigenvalue weighted by Gasteiger charge is 2.31. The number of benzene rings is 1. The van der Waals surface area contributed by atoms with Crippen LogP contribution in [0.2, 0.25) is 0 Å². The van der Waals surface area contributed by atoms with Crippen LogP contribution in [0, 0.1) is 17.7 Å². The number of rotatable bonds is 3. The minimum atomic E-state index is -0.194. The molecule has 1 aromatic carbocycles. The molecular formula is C20H27FN2O2. The maximum absolute atomic E-state index is 13.0. The van der Waals surface area contributed by atoms with Crippen LogP contribution in [0.3, 0.4) is 0 Å². The van der Waals surface area contributed by atoms with Crippen LogP contribution in [0.15, 0.2) is 24.3 Å². The van der Waals surface area contributed by atoms with E-state index in [1.165, 1.54) is 17.7 Å². The lowest BCUT2D eigenvalue weighted by atomic mass is 9.88. The normalized spacial score (nSPS) is 19.9. The van der Waals surface area contributed by atoms with Gasteiger partial charge in [0.25, 0.3) is 0 Å². The largest absolute Gasteiger partial charge is 0.343 e. The van der Waals surface area contributed by atoms with E-state index in [-0.39, 0.29) is 23.5 Å². The van der Waals surface area contributed by atoms with Gasteiger partial charge in [-0.05, 0) is 55.7 Å². The van der Waals surface area contributed by atoms with Gasteiger partial charge in [-0.25, -0.2) is 4.39 Å². The molecule has 3 rings (SSSR count). The summed E-state index contributed by atoms with van der Waals surface area (Å²) in [7, 11) is 0. The third-order valence-corrected chi connectivity index (χ3v) is 5.65. The predicted molar refractivity (Wildman–Crippen MR) is 94.4 cm³/mol. The Morgan fingerprint density at radius 1 is 0.960 bits per heavy atom. The van der Waals surface area contributed by atoms with E-state index in [0.717, 1.165) is 45.2 Å². The number of amides is 2. The van der Waals surface area contributed by atoms with Crippen molar-refractivity contribution in [2.75, 3.05) is 26.2 Å². The van der Waals surface area contributed by atoms with Crippen molar-refractivity contribution >= 4 is 11.8 Å². The van der Waals surface area contributed by atoms with Crippen LogP contribution < -0.4 is 0 Å². The Balaban J connectivity index is 1.45. The van der Waals surface area contributed by atoms with Gasteiger partial charge in [0.2, 0.25) is 11.8 Å². The summed E-state index contributed by atoms with van der Waals surface area (Å²) in [5.41, 5.74) is 1.17. The van der Waals surface area contributed by atoms with Crippen LogP contribution in [0.25, 0.3) is 0 Å². The Kier molecular flexibility index (Phi) is 5.71. The summed E-state index contributed by atoms with van der Waals surface area (Å²) in [6.45, 7) is 4.63. The van der Waals surface area contributed by atoms with E-state index >= 15 is 0 Å². The molecule has 0 bridgehead atoms. The lowest BCUT2D eigenvalue weighted by Gasteiger charge is -2.37. The van der Waals surface area contributed by atoms with Crippen LogP contribution in [-0.4, -0.2) is 47.8 Å². The van der Waals surface area contributed by atoms with Crippen molar-refractivity contribution in [2.45, 2.75) is 39.0 Å². The van der Waals surface area contributed by atoms with Gasteiger partial charge in [-0.15, -0.1) is 0 Å². The molecule has 0 aromatic heterocycles. The smallest absolute Gasteiger partial charge is 0.225 e. The monoisotopic (exact) mass is 346 g/mol. The highest BCUT2D eigenvalue weighted by molar-refractivity contribution is 5.79. The van der Waals surface area contributed by atoms with Gasteiger partial charge in [-0.3, -0.25) is 9.59 Å². The molecule has 2 aliphatic rings. The van der Waals surface area contributed by atoms with Crippen LogP contribution in [0.1, 0.15) is 38.2 Å². The van der Waals surface area contributed by atoms with E-state index in [2.05, 4.69) is 0 Å². The predicted octanol–water partition coefficient (Wildman–Crippen LogP) is 2.87. The molecule has 0 saturated carbocycles. The fourth-order valence-electron chi connectivity index (χ4n) is 4.01. The first-order valence-electron chi connectivity index (χ1n) is 9.31. The molecule has 0 spiro atoms. The zero-order valence-electron chi connectivity index (χ0n) is 14.9. The Bertz CT molecular complexity index is 601. The Hall–Kier alpha value is -1.91. The minimum Gasteiger partial charge on any atom is -0.343 e. The maximum Gasteiger partial charge on any atom is 0.225 e. The fourth-order valence-corrected chi connectivity index (χ4v) is 4.01. The fraction of sp³-hybridized carbons (Fsp3) is 0.600. The number of hydrogen-bond donors (Lipinski definition) is 0. The Morgan fingerprint density at radius 3 is 2.08 bits per heavy atom. The molecule has 4 nitrogen and oxygen atoms in total. The summed E-state index contributed by atoms with van der Waals surface area (Å²) in [4.78, 5) is 27.9. The molecule has 0 aliphatic carbocycles. The average Bonchev–Trinajstić information content (AvgIpc) is 2.64. The van der Waals surface area contributed by atoms with E-state index < -0.39 is 0 Å². The molecule has 2 heterocycles. The summed E-state index contributed by atoms with van der Waals surface area (Å²) in [6.07, 6.45) is 4.55. The second-order valence-electron chi connectivity index (χ2n) is 7.38. The summed E-state index contributed by atoms with van der Waals surface area (Å²) >= 11 is 0. The highest BCUT2D eigenvalue weighted by atomic mass is 19.1. The van der Waals surface area contributed by atoms with E-state index in [9.17, 15) is 14.0 Å². The standard InChI is InChI=1S/C20H27FN2O2/c1-15(24)22-12-8-18(9-13-22)20(25)23-10-6-17(7-11-23)14-16-2-4-19(21)5-3-16/h2-5,17-18H,6-14H2,1H3. The molecule has 0 N–H and O–H groups in total. The van der Waals surface area contributed by atoms with Crippen molar-refractivity contribution in [2.24, 2.45) is 11.8 Å². The number of likely N-dealkylation sites (tertiary alicyclic amines) is 2. The van der Waals surface area contributed by atoms with E-state index in [1.807, 2.05) is 21.9 Å². The van der Waals surface area contributed by atoms with Crippen molar-refractivity contribution in [3.8, 4) is 0 Å². The van der Waals surface area contributed by atoms with Gasteiger partial charge >= 0.3 is 0 Å². The molecular weight excluding hydrogens is 319 g/mol. The van der Waals surface area contributed by atoms with Crippen LogP contribution >= 0.6 is 0 Å². The molecule has 25 heavy (non-hydrogen) atoms. The number of nitrogens with zero attached hydrogens (tertiary/aromatic N) is 2. The second-order valence-corrected chi connectivity index (χ2v) is 7.38. The topological polar surface area (TPSA) is 40.6 Å². The first-order valence-corrected chi connectivity index (χ1v) is 9.31. The molecule has 0 unspecified atom stereocenters.